The third-order valence-corrected chi connectivity index (χ3v) is 4.23. The Bertz CT molecular complexity index is 420. The number of aliphatic carboxylic acids is 1. The normalized spacial score (nSPS) is 17.7. The number of carboxylic acid groups (broad SMARTS) is 1. The van der Waals surface area contributed by atoms with E-state index in [4.69, 9.17) is 10.00 Å². The van der Waals surface area contributed by atoms with Gasteiger partial charge in [-0.05, 0) is 0 Å². The van der Waals surface area contributed by atoms with Gasteiger partial charge in [-0.15, -0.1) is 0 Å². The molecule has 2 atom stereocenters. The van der Waals surface area contributed by atoms with Crippen LogP contribution >= 0.6 is 7.60 Å². The quantitative estimate of drug-likeness (QED) is 0.393. The Morgan fingerprint density at radius 2 is 2.00 bits per heavy atom. The SMILES string of the molecule is CN(C(O)OP(=O)(O)CCC(=O)O)S(C)(=O)=O. The molecule has 0 aliphatic rings. The van der Waals surface area contributed by atoms with Crippen molar-refractivity contribution in [1.82, 2.24) is 4.31 Å². The molecule has 0 spiro atoms. The Balaban J connectivity index is 4.52. The minimum atomic E-state index is -4.36. The van der Waals surface area contributed by atoms with Crippen molar-refractivity contribution in [3.8, 4) is 0 Å². The number of sulfonamides is 1. The lowest BCUT2D eigenvalue weighted by Crippen LogP contribution is -2.37. The highest BCUT2D eigenvalue weighted by molar-refractivity contribution is 7.88. The molecule has 0 aliphatic carbocycles. The van der Waals surface area contributed by atoms with Crippen LogP contribution in [-0.2, 0) is 23.9 Å². The van der Waals surface area contributed by atoms with Crippen molar-refractivity contribution in [3.63, 3.8) is 0 Å². The molecule has 11 heteroatoms. The summed E-state index contributed by atoms with van der Waals surface area (Å²) in [5.41, 5.74) is 0. The van der Waals surface area contributed by atoms with Crippen LogP contribution in [-0.4, -0.2) is 59.7 Å². The molecule has 0 heterocycles. The Morgan fingerprint density at radius 3 is 2.35 bits per heavy atom. The maximum Gasteiger partial charge on any atom is 0.332 e. The van der Waals surface area contributed by atoms with Crippen LogP contribution < -0.4 is 0 Å². The molecule has 0 amide bonds. The molecule has 0 aromatic carbocycles. The van der Waals surface area contributed by atoms with E-state index < -0.39 is 42.6 Å². The Kier molecular flexibility index (Phi) is 5.72. The molecule has 2 unspecified atom stereocenters. The average molecular weight is 291 g/mol. The highest BCUT2D eigenvalue weighted by atomic mass is 32.2. The molecule has 3 N–H and O–H groups in total. The van der Waals surface area contributed by atoms with E-state index in [1.54, 1.807) is 0 Å². The van der Waals surface area contributed by atoms with E-state index in [0.29, 0.717) is 4.31 Å². The Morgan fingerprint density at radius 1 is 1.53 bits per heavy atom. The van der Waals surface area contributed by atoms with Crippen LogP contribution in [0.2, 0.25) is 0 Å². The summed E-state index contributed by atoms with van der Waals surface area (Å²) >= 11 is 0. The number of hydrogen-bond donors (Lipinski definition) is 3. The van der Waals surface area contributed by atoms with E-state index >= 15 is 0 Å². The fourth-order valence-electron chi connectivity index (χ4n) is 0.667. The molecule has 0 fully saturated rings. The van der Waals surface area contributed by atoms with Crippen LogP contribution in [0.4, 0.5) is 0 Å². The Labute approximate surface area is 98.2 Å². The minimum Gasteiger partial charge on any atom is -0.481 e. The van der Waals surface area contributed by atoms with Crippen molar-refractivity contribution in [2.75, 3.05) is 19.5 Å². The first-order chi connectivity index (χ1) is 7.46. The van der Waals surface area contributed by atoms with E-state index in [-0.39, 0.29) is 0 Å². The number of hydrogen-bond acceptors (Lipinski definition) is 6. The predicted octanol–water partition coefficient (Wildman–Crippen LogP) is -1.17. The maximum absolute atomic E-state index is 11.2. The van der Waals surface area contributed by atoms with E-state index in [9.17, 15) is 22.9 Å². The van der Waals surface area contributed by atoms with Crippen molar-refractivity contribution in [3.05, 3.63) is 0 Å². The molecule has 0 bridgehead atoms. The summed E-state index contributed by atoms with van der Waals surface area (Å²) in [7, 11) is -7.22. The summed E-state index contributed by atoms with van der Waals surface area (Å²) in [5, 5.41) is 17.5. The largest absolute Gasteiger partial charge is 0.481 e. The van der Waals surface area contributed by atoms with Gasteiger partial charge < -0.3 is 15.1 Å². The van der Waals surface area contributed by atoms with Crippen molar-refractivity contribution in [2.24, 2.45) is 0 Å². The van der Waals surface area contributed by atoms with Gasteiger partial charge in [-0.25, -0.2) is 8.42 Å². The van der Waals surface area contributed by atoms with Crippen molar-refractivity contribution in [1.29, 1.82) is 0 Å². The lowest BCUT2D eigenvalue weighted by Gasteiger charge is -2.23. The topological polar surface area (TPSA) is 141 Å². The third kappa shape index (κ3) is 6.71. The second-order valence-corrected chi connectivity index (χ2v) is 7.19. The molecule has 0 saturated carbocycles. The van der Waals surface area contributed by atoms with Gasteiger partial charge >= 0.3 is 13.6 Å². The first-order valence-electron chi connectivity index (χ1n) is 4.29. The van der Waals surface area contributed by atoms with E-state index in [0.717, 1.165) is 13.3 Å². The second kappa shape index (κ2) is 5.89. The zero-order chi connectivity index (χ0) is 13.9. The van der Waals surface area contributed by atoms with Gasteiger partial charge in [-0.1, -0.05) is 0 Å². The first-order valence-corrected chi connectivity index (χ1v) is 7.90. The van der Waals surface area contributed by atoms with Gasteiger partial charge in [0.05, 0.1) is 18.8 Å². The van der Waals surface area contributed by atoms with Gasteiger partial charge in [0.15, 0.2) is 0 Å². The zero-order valence-corrected chi connectivity index (χ0v) is 10.9. The lowest BCUT2D eigenvalue weighted by molar-refractivity contribution is -0.136. The van der Waals surface area contributed by atoms with E-state index in [2.05, 4.69) is 4.52 Å². The van der Waals surface area contributed by atoms with Gasteiger partial charge in [0.2, 0.25) is 16.4 Å². The molecule has 0 saturated heterocycles. The summed E-state index contributed by atoms with van der Waals surface area (Å²) in [6.45, 7) is 0. The van der Waals surface area contributed by atoms with Gasteiger partial charge in [0.1, 0.15) is 0 Å². The first kappa shape index (κ1) is 16.5. The number of carbonyl (C=O) groups is 1. The average Bonchev–Trinajstić information content (AvgIpc) is 2.11. The second-order valence-electron chi connectivity index (χ2n) is 3.22. The number of carboxylic acids is 1. The number of aliphatic hydroxyl groups excluding tert-OH is 1. The number of rotatable bonds is 7. The van der Waals surface area contributed by atoms with E-state index in [1.165, 1.54) is 0 Å². The molecule has 0 rings (SSSR count). The zero-order valence-electron chi connectivity index (χ0n) is 9.18. The monoisotopic (exact) mass is 291 g/mol. The van der Waals surface area contributed by atoms with Crippen LogP contribution in [0.5, 0.6) is 0 Å². The van der Waals surface area contributed by atoms with Gasteiger partial charge in [0, 0.05) is 7.05 Å². The smallest absolute Gasteiger partial charge is 0.332 e. The predicted molar refractivity (Wildman–Crippen MR) is 56.6 cm³/mol. The molecular formula is C6H14NO8PS. The van der Waals surface area contributed by atoms with Gasteiger partial charge in [-0.2, -0.15) is 4.31 Å². The van der Waals surface area contributed by atoms with Crippen LogP contribution in [0.25, 0.3) is 0 Å². The summed E-state index contributed by atoms with van der Waals surface area (Å²) < 4.78 is 37.7. The molecule has 0 aromatic rings. The van der Waals surface area contributed by atoms with Crippen LogP contribution in [0.3, 0.4) is 0 Å². The minimum absolute atomic E-state index is 0.330. The highest BCUT2D eigenvalue weighted by Crippen LogP contribution is 2.43. The Hall–Kier alpha value is -0.510. The summed E-state index contributed by atoms with van der Waals surface area (Å²) in [6.07, 6.45) is -2.74. The molecule has 17 heavy (non-hydrogen) atoms. The van der Waals surface area contributed by atoms with Gasteiger partial charge in [0.25, 0.3) is 0 Å². The van der Waals surface area contributed by atoms with Crippen molar-refractivity contribution < 1.29 is 37.4 Å². The van der Waals surface area contributed by atoms with Crippen LogP contribution in [0.1, 0.15) is 6.42 Å². The van der Waals surface area contributed by atoms with Gasteiger partial charge in [-0.3, -0.25) is 13.9 Å². The fourth-order valence-corrected chi connectivity index (χ4v) is 2.12. The van der Waals surface area contributed by atoms with Crippen molar-refractivity contribution >= 4 is 23.6 Å². The van der Waals surface area contributed by atoms with Crippen molar-refractivity contribution in [2.45, 2.75) is 12.8 Å². The van der Waals surface area contributed by atoms with E-state index in [1.807, 2.05) is 0 Å². The molecule has 102 valence electrons. The van der Waals surface area contributed by atoms with Crippen LogP contribution in [0, 0.1) is 0 Å². The molecular weight excluding hydrogens is 277 g/mol. The van der Waals surface area contributed by atoms with Crippen LogP contribution in [0.15, 0.2) is 0 Å². The summed E-state index contributed by atoms with van der Waals surface area (Å²) in [4.78, 5) is 19.3. The third-order valence-electron chi connectivity index (χ3n) is 1.70. The summed E-state index contributed by atoms with van der Waals surface area (Å²) in [6, 6.07) is 0. The molecule has 0 aromatic heterocycles. The number of nitrogens with zero attached hydrogens (tertiary/aromatic N) is 1. The summed E-state index contributed by atoms with van der Waals surface area (Å²) in [5.74, 6) is -1.31. The molecule has 0 aliphatic heterocycles. The highest BCUT2D eigenvalue weighted by Gasteiger charge is 2.30. The maximum atomic E-state index is 11.2. The standard InChI is InChI=1S/C6H14NO8PS/c1-7(17(2,13)14)6(10)15-16(11,12)4-3-5(8)9/h6,10H,3-4H2,1-2H3,(H,8,9)(H,11,12). The fraction of sp³-hybridized carbons (Fsp3) is 0.833. The molecule has 9 nitrogen and oxygen atoms in total. The molecule has 0 radical (unpaired) electrons. The number of aliphatic hydroxyl groups is 1. The lowest BCUT2D eigenvalue weighted by atomic mass is 10.5.